The van der Waals surface area contributed by atoms with E-state index in [-0.39, 0.29) is 17.5 Å². The average molecular weight is 398 g/mol. The van der Waals surface area contributed by atoms with Crippen LogP contribution in [-0.2, 0) is 9.84 Å². The Morgan fingerprint density at radius 3 is 2.38 bits per heavy atom. The highest BCUT2D eigenvalue weighted by molar-refractivity contribution is 7.91. The molecule has 1 heterocycles. The Bertz CT molecular complexity index is 685. The molecule has 0 amide bonds. The molecule has 0 spiro atoms. The van der Waals surface area contributed by atoms with Crippen molar-refractivity contribution in [2.24, 2.45) is 0 Å². The van der Waals surface area contributed by atoms with E-state index in [4.69, 9.17) is 12.2 Å². The number of hydrogen-bond donors (Lipinski definition) is 1. The van der Waals surface area contributed by atoms with E-state index < -0.39 is 9.84 Å². The summed E-state index contributed by atoms with van der Waals surface area (Å²) in [6, 6.07) is 8.05. The van der Waals surface area contributed by atoms with Crippen molar-refractivity contribution in [3.05, 3.63) is 29.8 Å². The van der Waals surface area contributed by atoms with Gasteiger partial charge in [0.25, 0.3) is 0 Å². The molecule has 1 saturated heterocycles. The van der Waals surface area contributed by atoms with Gasteiger partial charge in [-0.15, -0.1) is 0 Å². The predicted molar refractivity (Wildman–Crippen MR) is 114 cm³/mol. The van der Waals surface area contributed by atoms with Gasteiger partial charge in [-0.3, -0.25) is 0 Å². The summed E-state index contributed by atoms with van der Waals surface area (Å²) in [6.07, 6.45) is 1.62. The van der Waals surface area contributed by atoms with Crippen molar-refractivity contribution >= 4 is 32.9 Å². The van der Waals surface area contributed by atoms with Crippen LogP contribution in [0.15, 0.2) is 24.3 Å². The smallest absolute Gasteiger partial charge is 0.173 e. The van der Waals surface area contributed by atoms with Crippen molar-refractivity contribution in [3.8, 4) is 0 Å². The molecule has 146 valence electrons. The van der Waals surface area contributed by atoms with E-state index in [9.17, 15) is 8.42 Å². The molecule has 2 rings (SSSR count). The minimum Gasteiger partial charge on any atom is -0.345 e. The number of sulfone groups is 1. The Morgan fingerprint density at radius 2 is 1.85 bits per heavy atom. The van der Waals surface area contributed by atoms with Gasteiger partial charge in [-0.2, -0.15) is 0 Å². The van der Waals surface area contributed by atoms with Crippen molar-refractivity contribution in [2.75, 3.05) is 43.0 Å². The van der Waals surface area contributed by atoms with E-state index in [1.54, 1.807) is 0 Å². The Hall–Kier alpha value is -1.18. The fourth-order valence-electron chi connectivity index (χ4n) is 3.31. The molecule has 1 fully saturated rings. The fourth-order valence-corrected chi connectivity index (χ4v) is 5.40. The molecule has 0 radical (unpaired) electrons. The van der Waals surface area contributed by atoms with E-state index >= 15 is 0 Å². The second kappa shape index (κ2) is 9.67. The van der Waals surface area contributed by atoms with Crippen molar-refractivity contribution in [1.82, 2.24) is 9.80 Å². The van der Waals surface area contributed by atoms with Gasteiger partial charge in [0.1, 0.15) is 0 Å². The van der Waals surface area contributed by atoms with Crippen molar-refractivity contribution in [2.45, 2.75) is 39.7 Å². The highest BCUT2D eigenvalue weighted by Crippen LogP contribution is 2.20. The quantitative estimate of drug-likeness (QED) is 0.681. The summed E-state index contributed by atoms with van der Waals surface area (Å²) in [6.45, 7) is 10.2. The number of rotatable bonds is 8. The lowest BCUT2D eigenvalue weighted by molar-refractivity contribution is 0.267. The number of hydrogen-bond acceptors (Lipinski definition) is 4. The molecule has 1 aromatic rings. The zero-order chi connectivity index (χ0) is 19.2. The minimum atomic E-state index is -2.94. The average Bonchev–Trinajstić information content (AvgIpc) is 2.96. The molecule has 0 unspecified atom stereocenters. The number of anilines is 1. The summed E-state index contributed by atoms with van der Waals surface area (Å²) < 4.78 is 23.9. The predicted octanol–water partition coefficient (Wildman–Crippen LogP) is 2.91. The first-order chi connectivity index (χ1) is 12.3. The van der Waals surface area contributed by atoms with Crippen LogP contribution in [0.5, 0.6) is 0 Å². The third kappa shape index (κ3) is 6.21. The van der Waals surface area contributed by atoms with Crippen LogP contribution in [0, 0.1) is 6.92 Å². The third-order valence-electron chi connectivity index (χ3n) is 4.98. The van der Waals surface area contributed by atoms with Crippen LogP contribution >= 0.6 is 12.2 Å². The maximum Gasteiger partial charge on any atom is 0.173 e. The molecule has 1 aliphatic heterocycles. The van der Waals surface area contributed by atoms with E-state index in [1.165, 1.54) is 5.56 Å². The van der Waals surface area contributed by atoms with E-state index in [0.29, 0.717) is 11.5 Å². The van der Waals surface area contributed by atoms with Crippen LogP contribution in [-0.4, -0.2) is 67.1 Å². The highest BCUT2D eigenvalue weighted by Gasteiger charge is 2.33. The molecule has 1 atom stereocenters. The molecule has 0 bridgehead atoms. The van der Waals surface area contributed by atoms with Gasteiger partial charge in [-0.05, 0) is 63.8 Å². The molecular formula is C19H31N3O2S2. The summed E-state index contributed by atoms with van der Waals surface area (Å²) in [5, 5.41) is 3.91. The van der Waals surface area contributed by atoms with Gasteiger partial charge in [0.05, 0.1) is 11.5 Å². The summed E-state index contributed by atoms with van der Waals surface area (Å²) in [5.74, 6) is 0.464. The van der Waals surface area contributed by atoms with Gasteiger partial charge in [-0.1, -0.05) is 31.5 Å². The maximum absolute atomic E-state index is 11.9. The van der Waals surface area contributed by atoms with Crippen LogP contribution in [0.4, 0.5) is 5.69 Å². The zero-order valence-corrected chi connectivity index (χ0v) is 17.7. The molecule has 7 heteroatoms. The van der Waals surface area contributed by atoms with Gasteiger partial charge in [-0.25, -0.2) is 8.42 Å². The first kappa shape index (κ1) is 21.1. The topological polar surface area (TPSA) is 52.6 Å². The number of aryl methyl sites for hydroxylation is 1. The monoisotopic (exact) mass is 397 g/mol. The van der Waals surface area contributed by atoms with Crippen molar-refractivity contribution in [3.63, 3.8) is 0 Å². The molecule has 5 nitrogen and oxygen atoms in total. The molecule has 26 heavy (non-hydrogen) atoms. The second-order valence-electron chi connectivity index (χ2n) is 6.93. The SMILES string of the molecule is CCN(CC)CCCN(C(=S)Nc1ccc(C)cc1)[C@@H]1CCS(=O)(=O)C1. The lowest BCUT2D eigenvalue weighted by Gasteiger charge is -2.32. The molecule has 0 saturated carbocycles. The summed E-state index contributed by atoms with van der Waals surface area (Å²) in [5.41, 5.74) is 2.13. The largest absolute Gasteiger partial charge is 0.345 e. The lowest BCUT2D eigenvalue weighted by atomic mass is 10.2. The van der Waals surface area contributed by atoms with Crippen LogP contribution < -0.4 is 5.32 Å². The lowest BCUT2D eigenvalue weighted by Crippen LogP contribution is -2.44. The standard InChI is InChI=1S/C19H31N3O2S2/c1-4-21(5-2)12-6-13-22(18-11-14-26(23,24)15-18)19(25)20-17-9-7-16(3)8-10-17/h7-10,18H,4-6,11-15H2,1-3H3,(H,20,25)/t18-/m1/s1. The molecular weight excluding hydrogens is 366 g/mol. The molecule has 0 aliphatic carbocycles. The summed E-state index contributed by atoms with van der Waals surface area (Å²) in [4.78, 5) is 4.46. The molecule has 0 aromatic heterocycles. The van der Waals surface area contributed by atoms with Crippen molar-refractivity contribution in [1.29, 1.82) is 0 Å². The van der Waals surface area contributed by atoms with Gasteiger partial charge < -0.3 is 15.1 Å². The highest BCUT2D eigenvalue weighted by atomic mass is 32.2. The van der Waals surface area contributed by atoms with Gasteiger partial charge >= 0.3 is 0 Å². The van der Waals surface area contributed by atoms with E-state index in [2.05, 4.69) is 29.0 Å². The Balaban J connectivity index is 2.03. The number of benzene rings is 1. The van der Waals surface area contributed by atoms with Gasteiger partial charge in [0.2, 0.25) is 0 Å². The van der Waals surface area contributed by atoms with Crippen LogP contribution in [0.25, 0.3) is 0 Å². The zero-order valence-electron chi connectivity index (χ0n) is 16.1. The van der Waals surface area contributed by atoms with Gasteiger partial charge in [0, 0.05) is 18.3 Å². The summed E-state index contributed by atoms with van der Waals surface area (Å²) >= 11 is 5.64. The van der Waals surface area contributed by atoms with Crippen molar-refractivity contribution < 1.29 is 8.42 Å². The maximum atomic E-state index is 11.9. The minimum absolute atomic E-state index is 0.0258. The molecule has 1 N–H and O–H groups in total. The normalized spacial score (nSPS) is 18.8. The van der Waals surface area contributed by atoms with Crippen LogP contribution in [0.1, 0.15) is 32.3 Å². The number of nitrogens with zero attached hydrogens (tertiary/aromatic N) is 2. The number of thiocarbonyl (C=S) groups is 1. The first-order valence-electron chi connectivity index (χ1n) is 9.41. The Kier molecular flexibility index (Phi) is 7.85. The van der Waals surface area contributed by atoms with E-state index in [0.717, 1.165) is 38.3 Å². The fraction of sp³-hybridized carbons (Fsp3) is 0.632. The van der Waals surface area contributed by atoms with Crippen LogP contribution in [0.3, 0.4) is 0 Å². The second-order valence-corrected chi connectivity index (χ2v) is 9.54. The van der Waals surface area contributed by atoms with Crippen LogP contribution in [0.2, 0.25) is 0 Å². The molecule has 1 aliphatic rings. The summed E-state index contributed by atoms with van der Waals surface area (Å²) in [7, 11) is -2.94. The third-order valence-corrected chi connectivity index (χ3v) is 7.07. The van der Waals surface area contributed by atoms with Gasteiger partial charge in [0.15, 0.2) is 14.9 Å². The number of nitrogens with one attached hydrogen (secondary N) is 1. The van der Waals surface area contributed by atoms with E-state index in [1.807, 2.05) is 31.2 Å². The Labute approximate surface area is 163 Å². The first-order valence-corrected chi connectivity index (χ1v) is 11.6. The molecule has 1 aromatic carbocycles. The Morgan fingerprint density at radius 1 is 1.19 bits per heavy atom.